The van der Waals surface area contributed by atoms with E-state index < -0.39 is 26.9 Å². The summed E-state index contributed by atoms with van der Waals surface area (Å²) in [6.07, 6.45) is 2.27. The minimum absolute atomic E-state index is 0.0545. The molecule has 0 aliphatic heterocycles. The summed E-state index contributed by atoms with van der Waals surface area (Å²) in [5, 5.41) is 11.3. The van der Waals surface area contributed by atoms with Crippen LogP contribution in [0.3, 0.4) is 0 Å². The highest BCUT2D eigenvalue weighted by atomic mass is 79.9. The molecule has 0 atom stereocenters. The van der Waals surface area contributed by atoms with E-state index in [1.807, 2.05) is 6.92 Å². The van der Waals surface area contributed by atoms with Crippen molar-refractivity contribution < 1.29 is 22.7 Å². The van der Waals surface area contributed by atoms with E-state index in [9.17, 15) is 23.3 Å². The van der Waals surface area contributed by atoms with Gasteiger partial charge in [-0.05, 0) is 58.8 Å². The number of ether oxygens (including phenoxy) is 1. The summed E-state index contributed by atoms with van der Waals surface area (Å²) in [5.41, 5.74) is 1.65. The SMILES string of the molecule is Cc1ccc(C(=O)Oc2ccc(/C=C(/C#N)C(=O)Nc3nc(S(C)(=O)=O)ns3)cc2Br)cc1. The van der Waals surface area contributed by atoms with Gasteiger partial charge >= 0.3 is 5.97 Å². The van der Waals surface area contributed by atoms with Gasteiger partial charge in [-0.15, -0.1) is 0 Å². The van der Waals surface area contributed by atoms with E-state index in [4.69, 9.17) is 4.74 Å². The smallest absolute Gasteiger partial charge is 0.343 e. The molecule has 0 saturated heterocycles. The van der Waals surface area contributed by atoms with Crippen molar-refractivity contribution in [2.24, 2.45) is 0 Å². The molecule has 3 rings (SSSR count). The van der Waals surface area contributed by atoms with Gasteiger partial charge in [-0.25, -0.2) is 13.2 Å². The molecular weight excluding hydrogens is 532 g/mol. The van der Waals surface area contributed by atoms with Crippen molar-refractivity contribution in [2.45, 2.75) is 12.1 Å². The molecule has 1 heterocycles. The van der Waals surface area contributed by atoms with Crippen LogP contribution in [-0.2, 0) is 14.6 Å². The Balaban J connectivity index is 1.74. The van der Waals surface area contributed by atoms with Gasteiger partial charge in [0.15, 0.2) is 0 Å². The van der Waals surface area contributed by atoms with Crippen LogP contribution in [0.5, 0.6) is 5.75 Å². The van der Waals surface area contributed by atoms with E-state index >= 15 is 0 Å². The molecule has 1 aromatic heterocycles. The highest BCUT2D eigenvalue weighted by Gasteiger charge is 2.18. The van der Waals surface area contributed by atoms with Crippen molar-refractivity contribution in [1.82, 2.24) is 9.36 Å². The minimum Gasteiger partial charge on any atom is -0.422 e. The van der Waals surface area contributed by atoms with E-state index in [0.717, 1.165) is 11.8 Å². The number of nitrogens with one attached hydrogen (secondary N) is 1. The van der Waals surface area contributed by atoms with Crippen LogP contribution >= 0.6 is 27.5 Å². The second-order valence-electron chi connectivity index (χ2n) is 6.72. The van der Waals surface area contributed by atoms with Crippen molar-refractivity contribution in [3.8, 4) is 11.8 Å². The van der Waals surface area contributed by atoms with Crippen LogP contribution in [0.25, 0.3) is 6.08 Å². The molecule has 3 aromatic rings. The summed E-state index contributed by atoms with van der Waals surface area (Å²) in [5.74, 6) is -1.04. The summed E-state index contributed by atoms with van der Waals surface area (Å²) >= 11 is 4.00. The number of hydrogen-bond donors (Lipinski definition) is 1. The first-order valence-electron chi connectivity index (χ1n) is 9.12. The Morgan fingerprint density at radius 2 is 1.91 bits per heavy atom. The largest absolute Gasteiger partial charge is 0.422 e. The number of carbonyl (C=O) groups excluding carboxylic acids is 2. The maximum atomic E-state index is 12.4. The Morgan fingerprint density at radius 1 is 1.21 bits per heavy atom. The Labute approximate surface area is 202 Å². The number of rotatable bonds is 6. The third kappa shape index (κ3) is 6.32. The molecule has 0 radical (unpaired) electrons. The number of amides is 1. The molecule has 0 spiro atoms. The molecule has 0 aliphatic carbocycles. The number of benzene rings is 2. The van der Waals surface area contributed by atoms with E-state index in [0.29, 0.717) is 27.1 Å². The van der Waals surface area contributed by atoms with Gasteiger partial charge in [0.05, 0.1) is 10.0 Å². The van der Waals surface area contributed by atoms with Crippen LogP contribution in [-0.4, -0.2) is 35.9 Å². The first-order chi connectivity index (χ1) is 15.6. The molecule has 168 valence electrons. The van der Waals surface area contributed by atoms with Gasteiger partial charge in [0.2, 0.25) is 15.0 Å². The zero-order chi connectivity index (χ0) is 24.2. The van der Waals surface area contributed by atoms with Gasteiger partial charge < -0.3 is 4.74 Å². The Kier molecular flexibility index (Phi) is 7.37. The van der Waals surface area contributed by atoms with Crippen LogP contribution in [0.2, 0.25) is 0 Å². The molecule has 0 saturated carbocycles. The lowest BCUT2D eigenvalue weighted by Gasteiger charge is -2.08. The van der Waals surface area contributed by atoms with Crippen molar-refractivity contribution in [3.05, 3.63) is 69.2 Å². The van der Waals surface area contributed by atoms with Crippen molar-refractivity contribution in [2.75, 3.05) is 11.6 Å². The van der Waals surface area contributed by atoms with Crippen LogP contribution in [0.1, 0.15) is 21.5 Å². The van der Waals surface area contributed by atoms with E-state index in [-0.39, 0.29) is 16.5 Å². The van der Waals surface area contributed by atoms with Crippen LogP contribution in [0.15, 0.2) is 57.7 Å². The lowest BCUT2D eigenvalue weighted by Crippen LogP contribution is -2.13. The number of aryl methyl sites for hydroxylation is 1. The predicted molar refractivity (Wildman–Crippen MR) is 126 cm³/mol. The fraction of sp³-hybridized carbons (Fsp3) is 0.0952. The van der Waals surface area contributed by atoms with Crippen LogP contribution in [0.4, 0.5) is 5.13 Å². The zero-order valence-corrected chi connectivity index (χ0v) is 20.4. The molecule has 12 heteroatoms. The van der Waals surface area contributed by atoms with Gasteiger partial charge in [-0.1, -0.05) is 23.8 Å². The summed E-state index contributed by atoms with van der Waals surface area (Å²) in [6.45, 7) is 1.91. The first kappa shape index (κ1) is 24.2. The van der Waals surface area contributed by atoms with Gasteiger partial charge in [0.1, 0.15) is 17.4 Å². The number of nitrogens with zero attached hydrogens (tertiary/aromatic N) is 3. The monoisotopic (exact) mass is 546 g/mol. The van der Waals surface area contributed by atoms with Crippen LogP contribution in [0, 0.1) is 18.3 Å². The lowest BCUT2D eigenvalue weighted by atomic mass is 10.1. The van der Waals surface area contributed by atoms with E-state index in [2.05, 4.69) is 30.6 Å². The number of aromatic nitrogens is 2. The molecule has 0 unspecified atom stereocenters. The number of nitriles is 1. The number of anilines is 1. The molecule has 0 bridgehead atoms. The number of halogens is 1. The van der Waals surface area contributed by atoms with E-state index in [1.54, 1.807) is 42.5 Å². The van der Waals surface area contributed by atoms with Crippen molar-refractivity contribution >= 4 is 60.4 Å². The maximum Gasteiger partial charge on any atom is 0.343 e. The third-order valence-corrected chi connectivity index (χ3v) is 6.29. The standard InChI is InChI=1S/C21H15BrN4O5S2/c1-12-3-6-14(7-4-12)19(28)31-17-8-5-13(10-16(17)22)9-15(11-23)18(27)24-20-25-21(26-32-20)33(2,29)30/h3-10H,1-2H3,(H,24,25,26,27)/b15-9-. The average molecular weight is 547 g/mol. The fourth-order valence-electron chi connectivity index (χ4n) is 2.43. The molecule has 0 fully saturated rings. The van der Waals surface area contributed by atoms with Gasteiger partial charge in [0.25, 0.3) is 11.1 Å². The molecule has 9 nitrogen and oxygen atoms in total. The minimum atomic E-state index is -3.61. The summed E-state index contributed by atoms with van der Waals surface area (Å²) in [7, 11) is -3.61. The molecule has 1 amide bonds. The Hall–Kier alpha value is -3.40. The number of hydrogen-bond acceptors (Lipinski definition) is 9. The molecule has 33 heavy (non-hydrogen) atoms. The first-order valence-corrected chi connectivity index (χ1v) is 12.6. The highest BCUT2D eigenvalue weighted by Crippen LogP contribution is 2.28. The summed E-state index contributed by atoms with van der Waals surface area (Å²) < 4.78 is 32.4. The third-order valence-electron chi connectivity index (χ3n) is 4.08. The summed E-state index contributed by atoms with van der Waals surface area (Å²) in [4.78, 5) is 28.4. The second kappa shape index (κ2) is 10.0. The number of carbonyl (C=O) groups is 2. The molecule has 2 aromatic carbocycles. The highest BCUT2D eigenvalue weighted by molar-refractivity contribution is 9.10. The fourth-order valence-corrected chi connectivity index (χ4v) is 4.35. The quantitative estimate of drug-likeness (QED) is 0.213. The maximum absolute atomic E-state index is 12.4. The van der Waals surface area contributed by atoms with Crippen molar-refractivity contribution in [3.63, 3.8) is 0 Å². The van der Waals surface area contributed by atoms with Crippen LogP contribution < -0.4 is 10.1 Å². The predicted octanol–water partition coefficient (Wildman–Crippen LogP) is 3.78. The Morgan fingerprint density at radius 3 is 2.48 bits per heavy atom. The second-order valence-corrected chi connectivity index (χ2v) is 10.2. The normalized spacial score (nSPS) is 11.5. The Bertz CT molecular complexity index is 1410. The zero-order valence-electron chi connectivity index (χ0n) is 17.2. The average Bonchev–Trinajstić information content (AvgIpc) is 3.23. The topological polar surface area (TPSA) is 139 Å². The molecular formula is C21H15BrN4O5S2. The molecule has 1 N–H and O–H groups in total. The van der Waals surface area contributed by atoms with Gasteiger partial charge in [-0.2, -0.15) is 14.6 Å². The number of esters is 1. The van der Waals surface area contributed by atoms with Gasteiger partial charge in [0, 0.05) is 17.8 Å². The van der Waals surface area contributed by atoms with E-state index in [1.165, 1.54) is 12.1 Å². The number of sulfone groups is 1. The molecule has 0 aliphatic rings. The summed E-state index contributed by atoms with van der Waals surface area (Å²) in [6, 6.07) is 13.4. The lowest BCUT2D eigenvalue weighted by molar-refractivity contribution is -0.112. The van der Waals surface area contributed by atoms with Gasteiger partial charge in [-0.3, -0.25) is 10.1 Å². The van der Waals surface area contributed by atoms with Crippen molar-refractivity contribution in [1.29, 1.82) is 5.26 Å².